The molecule has 0 radical (unpaired) electrons. The molecular weight excluding hydrogens is 380 g/mol. The molecule has 1 aliphatic rings. The molecular formula is C21H23ClN2O4. The molecule has 2 aromatic carbocycles. The Morgan fingerprint density at radius 3 is 2.50 bits per heavy atom. The van der Waals surface area contributed by atoms with E-state index < -0.39 is 5.97 Å². The van der Waals surface area contributed by atoms with Gasteiger partial charge in [0.2, 0.25) is 0 Å². The summed E-state index contributed by atoms with van der Waals surface area (Å²) in [6, 6.07) is 14.5. The number of carbonyl (C=O) groups is 2. The number of halogens is 1. The van der Waals surface area contributed by atoms with Gasteiger partial charge in [0.05, 0.1) is 18.8 Å². The molecule has 0 aliphatic carbocycles. The minimum absolute atomic E-state index is 0.284. The van der Waals surface area contributed by atoms with Gasteiger partial charge in [0.25, 0.3) is 5.91 Å². The summed E-state index contributed by atoms with van der Waals surface area (Å²) in [5, 5.41) is 3.27. The molecule has 1 aliphatic heterocycles. The highest BCUT2D eigenvalue weighted by molar-refractivity contribution is 6.31. The number of hydrogen-bond donors (Lipinski definition) is 1. The fourth-order valence-electron chi connectivity index (χ4n) is 2.86. The lowest BCUT2D eigenvalue weighted by atomic mass is 10.1. The molecule has 0 atom stereocenters. The lowest BCUT2D eigenvalue weighted by molar-refractivity contribution is -0.124. The molecule has 0 bridgehead atoms. The molecule has 0 saturated carbocycles. The van der Waals surface area contributed by atoms with Crippen LogP contribution in [0.4, 0.5) is 0 Å². The van der Waals surface area contributed by atoms with Crippen LogP contribution in [0.15, 0.2) is 48.5 Å². The van der Waals surface area contributed by atoms with Crippen molar-refractivity contribution < 1.29 is 19.1 Å². The number of nitrogens with one attached hydrogen (secondary N) is 1. The average molecular weight is 403 g/mol. The Bertz CT molecular complexity index is 804. The minimum atomic E-state index is -0.522. The van der Waals surface area contributed by atoms with Gasteiger partial charge in [-0.1, -0.05) is 41.9 Å². The third-order valence-corrected chi connectivity index (χ3v) is 4.84. The molecule has 0 spiro atoms. The Labute approximate surface area is 169 Å². The third kappa shape index (κ3) is 6.05. The molecule has 1 amide bonds. The number of ether oxygens (including phenoxy) is 2. The smallest absolute Gasteiger partial charge is 0.338 e. The summed E-state index contributed by atoms with van der Waals surface area (Å²) in [4.78, 5) is 26.3. The van der Waals surface area contributed by atoms with Crippen LogP contribution < -0.4 is 5.32 Å². The van der Waals surface area contributed by atoms with E-state index in [0.717, 1.165) is 44.0 Å². The fraction of sp³-hybridized carbons (Fsp3) is 0.333. The Kier molecular flexibility index (Phi) is 7.42. The maximum atomic E-state index is 12.1. The first-order valence-electron chi connectivity index (χ1n) is 9.18. The standard InChI is InChI=1S/C21H23ClN2O4/c22-19-4-2-1-3-18(19)13-23-20(25)15-28-21(26)17-7-5-16(6-8-17)14-24-9-11-27-12-10-24/h1-8H,9-15H2,(H,23,25). The second-order valence-electron chi connectivity index (χ2n) is 6.53. The number of morpholine rings is 1. The molecule has 148 valence electrons. The van der Waals surface area contributed by atoms with Crippen molar-refractivity contribution >= 4 is 23.5 Å². The van der Waals surface area contributed by atoms with E-state index in [-0.39, 0.29) is 19.1 Å². The van der Waals surface area contributed by atoms with Crippen LogP contribution >= 0.6 is 11.6 Å². The van der Waals surface area contributed by atoms with Crippen molar-refractivity contribution in [2.75, 3.05) is 32.9 Å². The second kappa shape index (κ2) is 10.2. The zero-order valence-corrected chi connectivity index (χ0v) is 16.3. The molecule has 1 N–H and O–H groups in total. The maximum absolute atomic E-state index is 12.1. The van der Waals surface area contributed by atoms with E-state index in [0.29, 0.717) is 10.6 Å². The third-order valence-electron chi connectivity index (χ3n) is 4.47. The minimum Gasteiger partial charge on any atom is -0.452 e. The number of nitrogens with zero attached hydrogens (tertiary/aromatic N) is 1. The van der Waals surface area contributed by atoms with Crippen LogP contribution in [0.2, 0.25) is 5.02 Å². The first kappa shape index (κ1) is 20.3. The van der Waals surface area contributed by atoms with Crippen LogP contribution in [0.1, 0.15) is 21.5 Å². The van der Waals surface area contributed by atoms with Gasteiger partial charge in [0.1, 0.15) is 0 Å². The van der Waals surface area contributed by atoms with Crippen molar-refractivity contribution in [2.45, 2.75) is 13.1 Å². The number of hydrogen-bond acceptors (Lipinski definition) is 5. The highest BCUT2D eigenvalue weighted by Gasteiger charge is 2.13. The van der Waals surface area contributed by atoms with Crippen molar-refractivity contribution in [3.63, 3.8) is 0 Å². The van der Waals surface area contributed by atoms with E-state index in [9.17, 15) is 9.59 Å². The van der Waals surface area contributed by atoms with E-state index in [1.54, 1.807) is 18.2 Å². The molecule has 2 aromatic rings. The molecule has 1 fully saturated rings. The van der Waals surface area contributed by atoms with E-state index in [2.05, 4.69) is 10.2 Å². The summed E-state index contributed by atoms with van der Waals surface area (Å²) in [7, 11) is 0. The Morgan fingerprint density at radius 1 is 1.07 bits per heavy atom. The van der Waals surface area contributed by atoms with Gasteiger partial charge < -0.3 is 14.8 Å². The van der Waals surface area contributed by atoms with Gasteiger partial charge in [-0.3, -0.25) is 9.69 Å². The Balaban J connectivity index is 1.42. The summed E-state index contributed by atoms with van der Waals surface area (Å²) in [6.45, 7) is 4.10. The quantitative estimate of drug-likeness (QED) is 0.721. The topological polar surface area (TPSA) is 67.9 Å². The summed E-state index contributed by atoms with van der Waals surface area (Å²) in [5.74, 6) is -0.900. The molecule has 1 heterocycles. The van der Waals surface area contributed by atoms with Gasteiger partial charge in [0.15, 0.2) is 6.61 Å². The van der Waals surface area contributed by atoms with Crippen LogP contribution in [-0.2, 0) is 27.4 Å². The maximum Gasteiger partial charge on any atom is 0.338 e. The molecule has 28 heavy (non-hydrogen) atoms. The van der Waals surface area contributed by atoms with Gasteiger partial charge in [-0.05, 0) is 29.3 Å². The number of esters is 1. The van der Waals surface area contributed by atoms with E-state index in [4.69, 9.17) is 21.1 Å². The summed E-state index contributed by atoms with van der Waals surface area (Å²) in [5.41, 5.74) is 2.35. The molecule has 3 rings (SSSR count). The van der Waals surface area contributed by atoms with Crippen LogP contribution in [0.3, 0.4) is 0 Å². The van der Waals surface area contributed by atoms with Gasteiger partial charge in [0, 0.05) is 31.2 Å². The summed E-state index contributed by atoms with van der Waals surface area (Å²) < 4.78 is 10.4. The Hall–Kier alpha value is -2.41. The zero-order chi connectivity index (χ0) is 19.8. The summed E-state index contributed by atoms with van der Waals surface area (Å²) in [6.07, 6.45) is 0. The van der Waals surface area contributed by atoms with Crippen molar-refractivity contribution in [3.8, 4) is 0 Å². The SMILES string of the molecule is O=C(COC(=O)c1ccc(CN2CCOCC2)cc1)NCc1ccccc1Cl. The molecule has 7 heteroatoms. The van der Waals surface area contributed by atoms with E-state index in [1.807, 2.05) is 30.3 Å². The first-order chi connectivity index (χ1) is 13.6. The van der Waals surface area contributed by atoms with Crippen LogP contribution in [-0.4, -0.2) is 49.7 Å². The lowest BCUT2D eigenvalue weighted by Gasteiger charge is -2.26. The van der Waals surface area contributed by atoms with Crippen LogP contribution in [0.25, 0.3) is 0 Å². The monoisotopic (exact) mass is 402 g/mol. The van der Waals surface area contributed by atoms with Crippen molar-refractivity contribution in [3.05, 3.63) is 70.2 Å². The first-order valence-corrected chi connectivity index (χ1v) is 9.56. The average Bonchev–Trinajstić information content (AvgIpc) is 2.73. The molecule has 0 aromatic heterocycles. The van der Waals surface area contributed by atoms with Gasteiger partial charge in [-0.2, -0.15) is 0 Å². The van der Waals surface area contributed by atoms with Crippen molar-refractivity contribution in [1.82, 2.24) is 10.2 Å². The number of benzene rings is 2. The van der Waals surface area contributed by atoms with Crippen molar-refractivity contribution in [1.29, 1.82) is 0 Å². The zero-order valence-electron chi connectivity index (χ0n) is 15.5. The number of rotatable bonds is 7. The van der Waals surface area contributed by atoms with Gasteiger partial charge in [-0.15, -0.1) is 0 Å². The fourth-order valence-corrected chi connectivity index (χ4v) is 3.07. The predicted molar refractivity (Wildman–Crippen MR) is 106 cm³/mol. The highest BCUT2D eigenvalue weighted by Crippen LogP contribution is 2.14. The molecule has 0 unspecified atom stereocenters. The lowest BCUT2D eigenvalue weighted by Crippen LogP contribution is -2.35. The largest absolute Gasteiger partial charge is 0.452 e. The van der Waals surface area contributed by atoms with Crippen LogP contribution in [0, 0.1) is 0 Å². The Morgan fingerprint density at radius 2 is 1.79 bits per heavy atom. The normalized spacial score (nSPS) is 14.5. The number of carbonyl (C=O) groups excluding carboxylic acids is 2. The summed E-state index contributed by atoms with van der Waals surface area (Å²) >= 11 is 6.04. The predicted octanol–water partition coefficient (Wildman–Crippen LogP) is 2.65. The van der Waals surface area contributed by atoms with E-state index in [1.165, 1.54) is 0 Å². The second-order valence-corrected chi connectivity index (χ2v) is 6.94. The highest BCUT2D eigenvalue weighted by atomic mass is 35.5. The van der Waals surface area contributed by atoms with Gasteiger partial charge >= 0.3 is 5.97 Å². The number of amides is 1. The van der Waals surface area contributed by atoms with Gasteiger partial charge in [-0.25, -0.2) is 4.79 Å². The van der Waals surface area contributed by atoms with E-state index >= 15 is 0 Å². The molecule has 6 nitrogen and oxygen atoms in total. The molecule has 1 saturated heterocycles. The van der Waals surface area contributed by atoms with Crippen LogP contribution in [0.5, 0.6) is 0 Å². The van der Waals surface area contributed by atoms with Crippen molar-refractivity contribution in [2.24, 2.45) is 0 Å².